The van der Waals surface area contributed by atoms with Crippen LogP contribution < -0.4 is 5.73 Å². The Hall–Kier alpha value is -0.840. The molecule has 0 aromatic carbocycles. The third kappa shape index (κ3) is 3.13. The molecule has 0 saturated carbocycles. The van der Waals surface area contributed by atoms with Gasteiger partial charge in [-0.05, 0) is 26.8 Å². The Balaban J connectivity index is 1.87. The van der Waals surface area contributed by atoms with E-state index < -0.39 is 0 Å². The van der Waals surface area contributed by atoms with Crippen LogP contribution in [0.5, 0.6) is 0 Å². The summed E-state index contributed by atoms with van der Waals surface area (Å²) in [5.41, 5.74) is 6.80. The maximum absolute atomic E-state index is 5.75. The summed E-state index contributed by atoms with van der Waals surface area (Å²) in [7, 11) is 0. The molecule has 1 aromatic rings. The molecular weight excluding hydrogens is 226 g/mol. The topological polar surface area (TPSA) is 45.6 Å². The van der Waals surface area contributed by atoms with Crippen molar-refractivity contribution < 1.29 is 4.42 Å². The molecule has 2 heterocycles. The van der Waals surface area contributed by atoms with E-state index in [4.69, 9.17) is 10.2 Å². The lowest BCUT2D eigenvalue weighted by Gasteiger charge is -2.36. The number of piperazine rings is 1. The zero-order valence-electron chi connectivity index (χ0n) is 11.8. The molecule has 1 aliphatic rings. The van der Waals surface area contributed by atoms with Gasteiger partial charge in [-0.25, -0.2) is 0 Å². The average molecular weight is 251 g/mol. The first kappa shape index (κ1) is 13.6. The SMILES string of the molecule is Cc1oc(CN2CCN(C(C)C)CC2)cc1CN. The van der Waals surface area contributed by atoms with Crippen LogP contribution in [0.25, 0.3) is 0 Å². The van der Waals surface area contributed by atoms with Gasteiger partial charge in [-0.3, -0.25) is 9.80 Å². The molecule has 102 valence electrons. The summed E-state index contributed by atoms with van der Waals surface area (Å²) >= 11 is 0. The number of furan rings is 1. The molecule has 0 spiro atoms. The second kappa shape index (κ2) is 5.87. The van der Waals surface area contributed by atoms with Gasteiger partial charge in [-0.1, -0.05) is 0 Å². The van der Waals surface area contributed by atoms with Gasteiger partial charge in [-0.15, -0.1) is 0 Å². The van der Waals surface area contributed by atoms with E-state index in [1.807, 2.05) is 6.92 Å². The Morgan fingerprint density at radius 2 is 1.94 bits per heavy atom. The first-order chi connectivity index (χ1) is 8.60. The zero-order valence-corrected chi connectivity index (χ0v) is 11.8. The fourth-order valence-corrected chi connectivity index (χ4v) is 2.53. The van der Waals surface area contributed by atoms with Gasteiger partial charge in [0, 0.05) is 44.3 Å². The van der Waals surface area contributed by atoms with Gasteiger partial charge in [0.05, 0.1) is 6.54 Å². The molecule has 1 fully saturated rings. The summed E-state index contributed by atoms with van der Waals surface area (Å²) in [6.45, 7) is 12.5. The van der Waals surface area contributed by atoms with Crippen LogP contribution in [-0.4, -0.2) is 42.0 Å². The molecule has 0 amide bonds. The molecule has 0 aliphatic carbocycles. The van der Waals surface area contributed by atoms with Crippen LogP contribution in [0.2, 0.25) is 0 Å². The maximum atomic E-state index is 5.75. The number of aryl methyl sites for hydroxylation is 1. The first-order valence-corrected chi connectivity index (χ1v) is 6.84. The van der Waals surface area contributed by atoms with Gasteiger partial charge in [0.1, 0.15) is 11.5 Å². The van der Waals surface area contributed by atoms with E-state index in [9.17, 15) is 0 Å². The normalized spacial score (nSPS) is 18.7. The standard InChI is InChI=1S/C14H25N3O/c1-11(2)17-6-4-16(5-7-17)10-14-8-13(9-15)12(3)18-14/h8,11H,4-7,9-10,15H2,1-3H3. The number of nitrogens with zero attached hydrogens (tertiary/aromatic N) is 2. The third-order valence-corrected chi connectivity index (χ3v) is 3.81. The van der Waals surface area contributed by atoms with Crippen molar-refractivity contribution in [3.63, 3.8) is 0 Å². The lowest BCUT2D eigenvalue weighted by atomic mass is 10.2. The molecular formula is C14H25N3O. The fourth-order valence-electron chi connectivity index (χ4n) is 2.53. The number of hydrogen-bond donors (Lipinski definition) is 1. The van der Waals surface area contributed by atoms with Gasteiger partial charge in [0.15, 0.2) is 0 Å². The lowest BCUT2D eigenvalue weighted by molar-refractivity contribution is 0.0988. The minimum atomic E-state index is 0.566. The van der Waals surface area contributed by atoms with Crippen LogP contribution in [0.1, 0.15) is 30.9 Å². The Kier molecular flexibility index (Phi) is 4.43. The minimum Gasteiger partial charge on any atom is -0.465 e. The molecule has 0 unspecified atom stereocenters. The Bertz CT molecular complexity index is 378. The first-order valence-electron chi connectivity index (χ1n) is 6.84. The third-order valence-electron chi connectivity index (χ3n) is 3.81. The largest absolute Gasteiger partial charge is 0.465 e. The minimum absolute atomic E-state index is 0.566. The van der Waals surface area contributed by atoms with Gasteiger partial charge in [0.25, 0.3) is 0 Å². The quantitative estimate of drug-likeness (QED) is 0.882. The van der Waals surface area contributed by atoms with Crippen LogP contribution in [0.15, 0.2) is 10.5 Å². The smallest absolute Gasteiger partial charge is 0.118 e. The summed E-state index contributed by atoms with van der Waals surface area (Å²) in [6.07, 6.45) is 0. The summed E-state index contributed by atoms with van der Waals surface area (Å²) in [6, 6.07) is 2.76. The molecule has 4 nitrogen and oxygen atoms in total. The van der Waals surface area contributed by atoms with Gasteiger partial charge < -0.3 is 10.2 Å². The second-order valence-electron chi connectivity index (χ2n) is 5.40. The molecule has 2 N–H and O–H groups in total. The van der Waals surface area contributed by atoms with E-state index >= 15 is 0 Å². The van der Waals surface area contributed by atoms with E-state index in [2.05, 4.69) is 29.7 Å². The zero-order chi connectivity index (χ0) is 13.1. The van der Waals surface area contributed by atoms with Crippen molar-refractivity contribution in [2.75, 3.05) is 26.2 Å². The highest BCUT2D eigenvalue weighted by molar-refractivity contribution is 5.20. The van der Waals surface area contributed by atoms with Crippen LogP contribution in [-0.2, 0) is 13.1 Å². The van der Waals surface area contributed by atoms with Crippen LogP contribution in [0.4, 0.5) is 0 Å². The summed E-state index contributed by atoms with van der Waals surface area (Å²) in [4.78, 5) is 4.98. The Morgan fingerprint density at radius 3 is 2.44 bits per heavy atom. The highest BCUT2D eigenvalue weighted by Gasteiger charge is 2.19. The predicted molar refractivity (Wildman–Crippen MR) is 73.3 cm³/mol. The molecule has 1 aliphatic heterocycles. The van der Waals surface area contributed by atoms with Crippen LogP contribution in [0.3, 0.4) is 0 Å². The van der Waals surface area contributed by atoms with Crippen molar-refractivity contribution in [1.29, 1.82) is 0 Å². The Labute approximate surface area is 110 Å². The number of rotatable bonds is 4. The van der Waals surface area contributed by atoms with E-state index in [1.165, 1.54) is 0 Å². The number of nitrogens with two attached hydrogens (primary N) is 1. The number of hydrogen-bond acceptors (Lipinski definition) is 4. The van der Waals surface area contributed by atoms with E-state index in [0.29, 0.717) is 12.6 Å². The van der Waals surface area contributed by atoms with Crippen LogP contribution in [0, 0.1) is 6.92 Å². The van der Waals surface area contributed by atoms with Crippen molar-refractivity contribution in [3.05, 3.63) is 23.2 Å². The van der Waals surface area contributed by atoms with Crippen molar-refractivity contribution in [2.24, 2.45) is 5.73 Å². The van der Waals surface area contributed by atoms with Crippen molar-refractivity contribution in [3.8, 4) is 0 Å². The molecule has 0 bridgehead atoms. The summed E-state index contributed by atoms with van der Waals surface area (Å²) < 4.78 is 5.75. The molecule has 4 heteroatoms. The highest BCUT2D eigenvalue weighted by Crippen LogP contribution is 2.17. The van der Waals surface area contributed by atoms with E-state index in [-0.39, 0.29) is 0 Å². The Morgan fingerprint density at radius 1 is 1.28 bits per heavy atom. The molecule has 0 atom stereocenters. The van der Waals surface area contributed by atoms with E-state index in [0.717, 1.165) is 49.8 Å². The molecule has 1 saturated heterocycles. The molecule has 1 aromatic heterocycles. The van der Waals surface area contributed by atoms with Crippen LogP contribution >= 0.6 is 0 Å². The van der Waals surface area contributed by atoms with Crippen molar-refractivity contribution in [1.82, 2.24) is 9.80 Å². The summed E-state index contributed by atoms with van der Waals surface area (Å²) in [5.74, 6) is 2.01. The summed E-state index contributed by atoms with van der Waals surface area (Å²) in [5, 5.41) is 0. The fraction of sp³-hybridized carbons (Fsp3) is 0.714. The molecule has 2 rings (SSSR count). The monoisotopic (exact) mass is 251 g/mol. The van der Waals surface area contributed by atoms with Gasteiger partial charge in [-0.2, -0.15) is 0 Å². The van der Waals surface area contributed by atoms with Gasteiger partial charge >= 0.3 is 0 Å². The van der Waals surface area contributed by atoms with E-state index in [1.54, 1.807) is 0 Å². The van der Waals surface area contributed by atoms with Gasteiger partial charge in [0.2, 0.25) is 0 Å². The molecule has 0 radical (unpaired) electrons. The van der Waals surface area contributed by atoms with Crippen molar-refractivity contribution in [2.45, 2.75) is 39.9 Å². The second-order valence-corrected chi connectivity index (χ2v) is 5.40. The highest BCUT2D eigenvalue weighted by atomic mass is 16.3. The maximum Gasteiger partial charge on any atom is 0.118 e. The lowest BCUT2D eigenvalue weighted by Crippen LogP contribution is -2.48. The average Bonchev–Trinajstić information content (AvgIpc) is 2.70. The predicted octanol–water partition coefficient (Wildman–Crippen LogP) is 1.57. The molecule has 18 heavy (non-hydrogen) atoms. The van der Waals surface area contributed by atoms with Crippen molar-refractivity contribution >= 4 is 0 Å².